The molecule has 32 heavy (non-hydrogen) atoms. The summed E-state index contributed by atoms with van der Waals surface area (Å²) in [4.78, 5) is 18.8. The lowest BCUT2D eigenvalue weighted by Gasteiger charge is -2.19. The van der Waals surface area contributed by atoms with Gasteiger partial charge in [0, 0.05) is 55.8 Å². The molecule has 0 radical (unpaired) electrons. The van der Waals surface area contributed by atoms with Gasteiger partial charge in [-0.2, -0.15) is 0 Å². The summed E-state index contributed by atoms with van der Waals surface area (Å²) in [5.41, 5.74) is 3.53. The Labute approximate surface area is 191 Å². The number of benzene rings is 1. The van der Waals surface area contributed by atoms with Gasteiger partial charge < -0.3 is 19.5 Å². The molecule has 1 aromatic heterocycles. The number of unbranched alkanes of at least 4 members (excludes halogenated alkanes) is 3. The number of aryl methyl sites for hydroxylation is 2. The fourth-order valence-corrected chi connectivity index (χ4v) is 4.10. The number of nitrogens with one attached hydrogen (secondary N) is 1. The summed E-state index contributed by atoms with van der Waals surface area (Å²) in [6.45, 7) is 4.58. The van der Waals surface area contributed by atoms with Crippen molar-refractivity contribution in [1.29, 1.82) is 0 Å². The molecule has 0 saturated carbocycles. The average Bonchev–Trinajstić information content (AvgIpc) is 3.08. The summed E-state index contributed by atoms with van der Waals surface area (Å²) in [5.74, 6) is 0.799. The second-order valence-electron chi connectivity index (χ2n) is 8.22. The number of fused-ring (bicyclic) bond motifs is 1. The molecule has 0 atom stereocenters. The van der Waals surface area contributed by atoms with Gasteiger partial charge in [-0.25, -0.2) is 0 Å². The van der Waals surface area contributed by atoms with Crippen LogP contribution in [0.3, 0.4) is 0 Å². The standard InChI is InChI=1S/C26H36N4O2/c1-4-5-6-10-22-23-12-11-21(32-3)19-25(23)29(2)24(22)13-14-26(31)28-16-7-8-17-30-18-9-15-27-20-30/h9,11-15,18-19H,4-8,10,16-17,20H2,1-3H3,(H,28,31)/b14-13+. The first kappa shape index (κ1) is 23.6. The highest BCUT2D eigenvalue weighted by molar-refractivity contribution is 5.94. The van der Waals surface area contributed by atoms with Crippen LogP contribution < -0.4 is 10.1 Å². The molecular weight excluding hydrogens is 400 g/mol. The van der Waals surface area contributed by atoms with Crippen LogP contribution in [0.2, 0.25) is 0 Å². The summed E-state index contributed by atoms with van der Waals surface area (Å²) >= 11 is 0. The van der Waals surface area contributed by atoms with Gasteiger partial charge in [-0.15, -0.1) is 0 Å². The second-order valence-corrected chi connectivity index (χ2v) is 8.22. The van der Waals surface area contributed by atoms with E-state index >= 15 is 0 Å². The Hall–Kier alpha value is -3.02. The van der Waals surface area contributed by atoms with Crippen LogP contribution in [0.4, 0.5) is 0 Å². The molecule has 6 nitrogen and oxygen atoms in total. The Morgan fingerprint density at radius 1 is 1.25 bits per heavy atom. The van der Waals surface area contributed by atoms with Crippen LogP contribution in [-0.2, 0) is 18.3 Å². The second kappa shape index (κ2) is 12.1. The minimum absolute atomic E-state index is 0.0465. The minimum Gasteiger partial charge on any atom is -0.497 e. The van der Waals surface area contributed by atoms with Gasteiger partial charge in [0.1, 0.15) is 12.4 Å². The molecule has 172 valence electrons. The van der Waals surface area contributed by atoms with E-state index in [4.69, 9.17) is 4.74 Å². The van der Waals surface area contributed by atoms with Gasteiger partial charge in [0.25, 0.3) is 0 Å². The summed E-state index contributed by atoms with van der Waals surface area (Å²) in [6.07, 6.45) is 16.0. The molecule has 1 aliphatic rings. The summed E-state index contributed by atoms with van der Waals surface area (Å²) in [7, 11) is 3.75. The lowest BCUT2D eigenvalue weighted by atomic mass is 10.0. The van der Waals surface area contributed by atoms with Crippen LogP contribution in [0.15, 0.2) is 41.5 Å². The Morgan fingerprint density at radius 2 is 2.12 bits per heavy atom. The van der Waals surface area contributed by atoms with Crippen molar-refractivity contribution in [1.82, 2.24) is 14.8 Å². The van der Waals surface area contributed by atoms with E-state index in [1.165, 1.54) is 23.8 Å². The molecule has 2 heterocycles. The summed E-state index contributed by atoms with van der Waals surface area (Å²) < 4.78 is 7.58. The van der Waals surface area contributed by atoms with E-state index in [1.54, 1.807) is 13.2 Å². The number of aliphatic imine (C=N–C) groups is 1. The fraction of sp³-hybridized carbons (Fsp3) is 0.462. The van der Waals surface area contributed by atoms with Gasteiger partial charge in [0.2, 0.25) is 5.91 Å². The number of amides is 1. The molecule has 0 aliphatic carbocycles. The van der Waals surface area contributed by atoms with Gasteiger partial charge >= 0.3 is 0 Å². The van der Waals surface area contributed by atoms with Crippen LogP contribution in [-0.4, -0.2) is 48.5 Å². The number of aromatic nitrogens is 1. The van der Waals surface area contributed by atoms with Crippen molar-refractivity contribution >= 4 is 29.1 Å². The van der Waals surface area contributed by atoms with Crippen molar-refractivity contribution in [3.63, 3.8) is 0 Å². The van der Waals surface area contributed by atoms with Crippen LogP contribution in [0, 0.1) is 0 Å². The first-order chi connectivity index (χ1) is 15.6. The maximum atomic E-state index is 12.4. The van der Waals surface area contributed by atoms with Crippen molar-refractivity contribution in [2.45, 2.75) is 45.4 Å². The van der Waals surface area contributed by atoms with Gasteiger partial charge in [-0.3, -0.25) is 9.79 Å². The first-order valence-corrected chi connectivity index (χ1v) is 11.7. The van der Waals surface area contributed by atoms with E-state index in [0.717, 1.165) is 55.9 Å². The summed E-state index contributed by atoms with van der Waals surface area (Å²) in [5, 5.41) is 4.25. The monoisotopic (exact) mass is 436 g/mol. The average molecular weight is 437 g/mol. The molecule has 1 aromatic carbocycles. The normalized spacial score (nSPS) is 13.4. The van der Waals surface area contributed by atoms with E-state index in [0.29, 0.717) is 6.54 Å². The third-order valence-electron chi connectivity index (χ3n) is 5.91. The van der Waals surface area contributed by atoms with E-state index in [1.807, 2.05) is 24.4 Å². The highest BCUT2D eigenvalue weighted by Gasteiger charge is 2.14. The van der Waals surface area contributed by atoms with Crippen LogP contribution in [0.1, 0.15) is 50.3 Å². The molecule has 0 saturated heterocycles. The number of methoxy groups -OCH3 is 1. The van der Waals surface area contributed by atoms with Crippen molar-refractivity contribution in [2.24, 2.45) is 12.0 Å². The highest BCUT2D eigenvalue weighted by Crippen LogP contribution is 2.30. The Bertz CT molecular complexity index is 987. The van der Waals surface area contributed by atoms with Crippen LogP contribution in [0.5, 0.6) is 5.75 Å². The molecule has 3 rings (SSSR count). The number of ether oxygens (including phenoxy) is 1. The lowest BCUT2D eigenvalue weighted by molar-refractivity contribution is -0.116. The third-order valence-corrected chi connectivity index (χ3v) is 5.91. The fourth-order valence-electron chi connectivity index (χ4n) is 4.10. The first-order valence-electron chi connectivity index (χ1n) is 11.7. The molecule has 0 unspecified atom stereocenters. The van der Waals surface area contributed by atoms with E-state index in [9.17, 15) is 4.79 Å². The minimum atomic E-state index is -0.0465. The van der Waals surface area contributed by atoms with Crippen molar-refractivity contribution in [3.05, 3.63) is 47.8 Å². The smallest absolute Gasteiger partial charge is 0.244 e. The number of allylic oxidation sites excluding steroid dienone is 1. The van der Waals surface area contributed by atoms with Gasteiger partial charge in [-0.05, 0) is 55.5 Å². The summed E-state index contributed by atoms with van der Waals surface area (Å²) in [6, 6.07) is 6.21. The largest absolute Gasteiger partial charge is 0.497 e. The predicted octanol–water partition coefficient (Wildman–Crippen LogP) is 4.69. The molecule has 6 heteroatoms. The Balaban J connectivity index is 1.60. The van der Waals surface area contributed by atoms with Crippen LogP contribution >= 0.6 is 0 Å². The van der Waals surface area contributed by atoms with Crippen molar-refractivity contribution in [2.75, 3.05) is 26.9 Å². The number of rotatable bonds is 12. The molecule has 0 bridgehead atoms. The Kier molecular flexibility index (Phi) is 8.96. The van der Waals surface area contributed by atoms with E-state index < -0.39 is 0 Å². The molecule has 0 spiro atoms. The zero-order valence-corrected chi connectivity index (χ0v) is 19.6. The predicted molar refractivity (Wildman–Crippen MR) is 133 cm³/mol. The molecular formula is C26H36N4O2. The Morgan fingerprint density at radius 3 is 2.88 bits per heavy atom. The molecule has 1 aliphatic heterocycles. The highest BCUT2D eigenvalue weighted by atomic mass is 16.5. The van der Waals surface area contributed by atoms with Crippen LogP contribution in [0.25, 0.3) is 17.0 Å². The molecule has 1 N–H and O–H groups in total. The maximum absolute atomic E-state index is 12.4. The number of hydrogen-bond acceptors (Lipinski definition) is 4. The number of carbonyl (C=O) groups is 1. The lowest BCUT2D eigenvalue weighted by Crippen LogP contribution is -2.24. The van der Waals surface area contributed by atoms with Gasteiger partial charge in [0.05, 0.1) is 12.6 Å². The maximum Gasteiger partial charge on any atom is 0.244 e. The zero-order valence-electron chi connectivity index (χ0n) is 19.6. The van der Waals surface area contributed by atoms with Crippen molar-refractivity contribution in [3.8, 4) is 5.75 Å². The number of nitrogens with zero attached hydrogens (tertiary/aromatic N) is 3. The third kappa shape index (κ3) is 6.25. The number of hydrogen-bond donors (Lipinski definition) is 1. The van der Waals surface area contributed by atoms with Crippen molar-refractivity contribution < 1.29 is 9.53 Å². The van der Waals surface area contributed by atoms with E-state index in [-0.39, 0.29) is 5.91 Å². The van der Waals surface area contributed by atoms with E-state index in [2.05, 4.69) is 52.1 Å². The van der Waals surface area contributed by atoms with Gasteiger partial charge in [0.15, 0.2) is 0 Å². The number of carbonyl (C=O) groups excluding carboxylic acids is 1. The SMILES string of the molecule is CCCCCc1c(/C=C/C(=O)NCCCCN2C=CC=NC2)n(C)c2cc(OC)ccc12. The zero-order chi connectivity index (χ0) is 22.8. The molecule has 1 amide bonds. The molecule has 0 fully saturated rings. The quantitative estimate of drug-likeness (QED) is 0.388. The molecule has 2 aromatic rings. The topological polar surface area (TPSA) is 58.9 Å². The van der Waals surface area contributed by atoms with Gasteiger partial charge in [-0.1, -0.05) is 19.8 Å².